The second-order valence-corrected chi connectivity index (χ2v) is 7.28. The van der Waals surface area contributed by atoms with E-state index in [1.807, 2.05) is 4.72 Å². The Morgan fingerprint density at radius 2 is 1.84 bits per heavy atom. The largest absolute Gasteiger partial charge is 0.486 e. The Kier molecular flexibility index (Phi) is 4.96. The lowest BCUT2D eigenvalue weighted by Gasteiger charge is -2.18. The molecule has 2 aromatic rings. The summed E-state index contributed by atoms with van der Waals surface area (Å²) in [6, 6.07) is 11.0. The quantitative estimate of drug-likeness (QED) is 0.826. The molecule has 25 heavy (non-hydrogen) atoms. The third-order valence-corrected chi connectivity index (χ3v) is 4.91. The van der Waals surface area contributed by atoms with Crippen LogP contribution in [0.15, 0.2) is 53.4 Å². The van der Waals surface area contributed by atoms with E-state index in [2.05, 4.69) is 0 Å². The number of benzene rings is 2. The molecule has 1 N–H and O–H groups in total. The van der Waals surface area contributed by atoms with E-state index in [4.69, 9.17) is 21.1 Å². The fourth-order valence-electron chi connectivity index (χ4n) is 2.20. The van der Waals surface area contributed by atoms with Crippen molar-refractivity contribution in [2.75, 3.05) is 13.2 Å². The number of sulfonamides is 1. The Morgan fingerprint density at radius 1 is 1.08 bits per heavy atom. The summed E-state index contributed by atoms with van der Waals surface area (Å²) in [5, 5.41) is 0.520. The van der Waals surface area contributed by atoms with E-state index in [1.165, 1.54) is 24.3 Å². The molecular formula is C17H14ClNO5S. The summed E-state index contributed by atoms with van der Waals surface area (Å²) in [6.45, 7) is 0.745. The first kappa shape index (κ1) is 17.3. The number of hydrogen-bond donors (Lipinski definition) is 1. The summed E-state index contributed by atoms with van der Waals surface area (Å²) in [4.78, 5) is 11.8. The zero-order chi connectivity index (χ0) is 17.9. The van der Waals surface area contributed by atoms with Crippen molar-refractivity contribution in [3.05, 3.63) is 59.1 Å². The average molecular weight is 380 g/mol. The van der Waals surface area contributed by atoms with Crippen LogP contribution in [0.4, 0.5) is 0 Å². The number of fused-ring (bicyclic) bond motifs is 1. The van der Waals surface area contributed by atoms with Crippen molar-refractivity contribution in [2.45, 2.75) is 4.90 Å². The third kappa shape index (κ3) is 4.32. The maximum Gasteiger partial charge on any atom is 0.264 e. The van der Waals surface area contributed by atoms with Gasteiger partial charge in [-0.15, -0.1) is 0 Å². The number of hydrogen-bond acceptors (Lipinski definition) is 5. The lowest BCUT2D eigenvalue weighted by Crippen LogP contribution is -2.29. The van der Waals surface area contributed by atoms with Crippen molar-refractivity contribution in [3.8, 4) is 11.5 Å². The highest BCUT2D eigenvalue weighted by atomic mass is 35.5. The third-order valence-electron chi connectivity index (χ3n) is 3.33. The van der Waals surface area contributed by atoms with Crippen LogP contribution in [0, 0.1) is 0 Å². The fourth-order valence-corrected chi connectivity index (χ4v) is 3.36. The van der Waals surface area contributed by atoms with Gasteiger partial charge < -0.3 is 9.47 Å². The molecule has 0 aromatic heterocycles. The van der Waals surface area contributed by atoms with Gasteiger partial charge in [0.05, 0.1) is 4.90 Å². The second kappa shape index (κ2) is 7.16. The molecule has 0 bridgehead atoms. The van der Waals surface area contributed by atoms with Gasteiger partial charge in [-0.05, 0) is 35.9 Å². The van der Waals surface area contributed by atoms with E-state index in [0.717, 1.165) is 6.08 Å². The van der Waals surface area contributed by atoms with Crippen molar-refractivity contribution in [3.63, 3.8) is 0 Å². The number of halogens is 1. The van der Waals surface area contributed by atoms with Gasteiger partial charge in [-0.25, -0.2) is 13.1 Å². The molecule has 0 spiro atoms. The Labute approximate surface area is 150 Å². The van der Waals surface area contributed by atoms with Crippen LogP contribution in [0.1, 0.15) is 5.56 Å². The van der Waals surface area contributed by atoms with Crippen LogP contribution in [-0.2, 0) is 14.8 Å². The first-order chi connectivity index (χ1) is 11.9. The molecule has 6 nitrogen and oxygen atoms in total. The zero-order valence-corrected chi connectivity index (χ0v) is 14.5. The Bertz CT molecular complexity index is 940. The molecule has 1 heterocycles. The van der Waals surface area contributed by atoms with E-state index in [0.29, 0.717) is 35.3 Å². The summed E-state index contributed by atoms with van der Waals surface area (Å²) < 4.78 is 37.3. The van der Waals surface area contributed by atoms with Crippen LogP contribution in [0.5, 0.6) is 11.5 Å². The van der Waals surface area contributed by atoms with Crippen LogP contribution in [0.3, 0.4) is 0 Å². The maximum atomic E-state index is 12.3. The number of carbonyl (C=O) groups is 1. The molecule has 0 unspecified atom stereocenters. The fraction of sp³-hybridized carbons (Fsp3) is 0.118. The molecule has 0 saturated carbocycles. The standard InChI is InChI=1S/C17H14ClNO5S/c18-13-3-1-2-12(10-13)4-7-17(20)19-25(21,22)14-5-6-15-16(11-14)24-9-8-23-15/h1-7,10-11H,8-9H2,(H,19,20)/b7-4+. The average Bonchev–Trinajstić information content (AvgIpc) is 2.59. The minimum Gasteiger partial charge on any atom is -0.486 e. The van der Waals surface area contributed by atoms with Crippen LogP contribution in [-0.4, -0.2) is 27.5 Å². The van der Waals surface area contributed by atoms with Gasteiger partial charge in [0.2, 0.25) is 0 Å². The highest BCUT2D eigenvalue weighted by Gasteiger charge is 2.20. The molecule has 0 fully saturated rings. The van der Waals surface area contributed by atoms with Crippen molar-refractivity contribution in [2.24, 2.45) is 0 Å². The van der Waals surface area contributed by atoms with Gasteiger partial charge in [0.25, 0.3) is 15.9 Å². The van der Waals surface area contributed by atoms with Gasteiger partial charge in [-0.1, -0.05) is 23.7 Å². The number of ether oxygens (including phenoxy) is 2. The lowest BCUT2D eigenvalue weighted by atomic mass is 10.2. The number of rotatable bonds is 4. The monoisotopic (exact) mass is 379 g/mol. The van der Waals surface area contributed by atoms with Gasteiger partial charge in [-0.3, -0.25) is 4.79 Å². The van der Waals surface area contributed by atoms with Crippen LogP contribution in [0.2, 0.25) is 5.02 Å². The smallest absolute Gasteiger partial charge is 0.264 e. The predicted molar refractivity (Wildman–Crippen MR) is 93.2 cm³/mol. The minimum atomic E-state index is -4.02. The van der Waals surface area contributed by atoms with E-state index >= 15 is 0 Å². The second-order valence-electron chi connectivity index (χ2n) is 5.16. The number of nitrogens with one attached hydrogen (secondary N) is 1. The molecule has 130 valence electrons. The lowest BCUT2D eigenvalue weighted by molar-refractivity contribution is -0.114. The van der Waals surface area contributed by atoms with Gasteiger partial charge in [0.1, 0.15) is 13.2 Å². The molecule has 0 atom stereocenters. The molecule has 1 aliphatic heterocycles. The normalized spacial score (nSPS) is 13.6. The van der Waals surface area contributed by atoms with Crippen molar-refractivity contribution < 1.29 is 22.7 Å². The topological polar surface area (TPSA) is 81.7 Å². The summed E-state index contributed by atoms with van der Waals surface area (Å²) in [5.74, 6) is 0.0308. The van der Waals surface area contributed by atoms with E-state index in [1.54, 1.807) is 24.3 Å². The molecular weight excluding hydrogens is 366 g/mol. The highest BCUT2D eigenvalue weighted by molar-refractivity contribution is 7.90. The molecule has 0 saturated heterocycles. The van der Waals surface area contributed by atoms with E-state index in [-0.39, 0.29) is 4.90 Å². The Hall–Kier alpha value is -2.51. The Balaban J connectivity index is 1.73. The molecule has 1 aliphatic rings. The number of carbonyl (C=O) groups excluding carboxylic acids is 1. The highest BCUT2D eigenvalue weighted by Crippen LogP contribution is 2.32. The van der Waals surface area contributed by atoms with Crippen LogP contribution >= 0.6 is 11.6 Å². The van der Waals surface area contributed by atoms with Crippen molar-refractivity contribution in [1.82, 2.24) is 4.72 Å². The Morgan fingerprint density at radius 3 is 2.60 bits per heavy atom. The minimum absolute atomic E-state index is 0.0822. The van der Waals surface area contributed by atoms with Crippen LogP contribution in [0.25, 0.3) is 6.08 Å². The van der Waals surface area contributed by atoms with Gasteiger partial charge >= 0.3 is 0 Å². The first-order valence-corrected chi connectivity index (χ1v) is 9.20. The summed E-state index contributed by atoms with van der Waals surface area (Å²) in [7, 11) is -4.02. The molecule has 3 rings (SSSR count). The summed E-state index contributed by atoms with van der Waals surface area (Å²) in [5.41, 5.74) is 0.680. The maximum absolute atomic E-state index is 12.3. The van der Waals surface area contributed by atoms with Gasteiger partial charge in [-0.2, -0.15) is 0 Å². The van der Waals surface area contributed by atoms with E-state index in [9.17, 15) is 13.2 Å². The van der Waals surface area contributed by atoms with Crippen LogP contribution < -0.4 is 14.2 Å². The summed E-state index contributed by atoms with van der Waals surface area (Å²) >= 11 is 5.85. The molecule has 2 aromatic carbocycles. The summed E-state index contributed by atoms with van der Waals surface area (Å²) in [6.07, 6.45) is 2.60. The van der Waals surface area contributed by atoms with Crippen molar-refractivity contribution >= 4 is 33.6 Å². The zero-order valence-electron chi connectivity index (χ0n) is 12.9. The molecule has 0 aliphatic carbocycles. The SMILES string of the molecule is O=C(/C=C/c1cccc(Cl)c1)NS(=O)(=O)c1ccc2c(c1)OCCO2. The molecule has 1 amide bonds. The predicted octanol–water partition coefficient (Wildman–Crippen LogP) is 2.63. The molecule has 0 radical (unpaired) electrons. The van der Waals surface area contributed by atoms with E-state index < -0.39 is 15.9 Å². The van der Waals surface area contributed by atoms with Gasteiger partial charge in [0.15, 0.2) is 11.5 Å². The van der Waals surface area contributed by atoms with Gasteiger partial charge in [0, 0.05) is 17.2 Å². The van der Waals surface area contributed by atoms with Crippen molar-refractivity contribution in [1.29, 1.82) is 0 Å². The molecule has 8 heteroatoms. The number of amides is 1. The first-order valence-electron chi connectivity index (χ1n) is 7.34.